The van der Waals surface area contributed by atoms with Gasteiger partial charge in [0.15, 0.2) is 0 Å². The molecule has 2 heteroatoms. The van der Waals surface area contributed by atoms with Crippen LogP contribution in [0.1, 0.15) is 28.2 Å². The molecular weight excluding hydrogens is 220 g/mol. The van der Waals surface area contributed by atoms with Gasteiger partial charge < -0.3 is 5.73 Å². The lowest BCUT2D eigenvalue weighted by molar-refractivity contribution is 1.01. The Labute approximate surface area is 108 Å². The van der Waals surface area contributed by atoms with Crippen LogP contribution >= 0.6 is 0 Å². The van der Waals surface area contributed by atoms with Gasteiger partial charge in [-0.15, -0.1) is 0 Å². The molecular formula is C16H16N2. The van der Waals surface area contributed by atoms with Crippen LogP contribution in [0.25, 0.3) is 0 Å². The smallest absolute Gasteiger partial charge is 0.0965 e. The summed E-state index contributed by atoms with van der Waals surface area (Å²) < 4.78 is 0. The molecule has 2 aromatic rings. The third kappa shape index (κ3) is 2.36. The quantitative estimate of drug-likeness (QED) is 0.811. The van der Waals surface area contributed by atoms with Gasteiger partial charge in [0, 0.05) is 5.69 Å². The van der Waals surface area contributed by atoms with Gasteiger partial charge in [0.1, 0.15) is 0 Å². The minimum Gasteiger partial charge on any atom is -0.399 e. The summed E-state index contributed by atoms with van der Waals surface area (Å²) in [7, 11) is 0. The highest BCUT2D eigenvalue weighted by Gasteiger charge is 2.15. The molecule has 0 aliphatic carbocycles. The predicted octanol–water partition coefficient (Wildman–Crippen LogP) is 3.54. The standard InChI is InChI=1S/C16H16N2/c1-11-3-4-12(2)15(9-11)16(10-17)13-5-7-14(18)8-6-13/h3-9,16H,18H2,1-2H3. The highest BCUT2D eigenvalue weighted by atomic mass is 14.5. The van der Waals surface area contributed by atoms with Crippen molar-refractivity contribution in [2.24, 2.45) is 0 Å². The molecule has 0 bridgehead atoms. The number of anilines is 1. The van der Waals surface area contributed by atoms with E-state index in [0.29, 0.717) is 0 Å². The number of aryl methyl sites for hydroxylation is 2. The molecule has 0 fully saturated rings. The van der Waals surface area contributed by atoms with Crippen molar-refractivity contribution in [3.05, 3.63) is 64.7 Å². The van der Waals surface area contributed by atoms with Crippen molar-refractivity contribution in [3.63, 3.8) is 0 Å². The molecule has 0 saturated carbocycles. The van der Waals surface area contributed by atoms with E-state index in [2.05, 4.69) is 24.3 Å². The van der Waals surface area contributed by atoms with E-state index in [4.69, 9.17) is 5.73 Å². The number of nitrogens with two attached hydrogens (primary N) is 1. The zero-order valence-electron chi connectivity index (χ0n) is 10.6. The number of nitrogen functional groups attached to an aromatic ring is 1. The first kappa shape index (κ1) is 12.2. The van der Waals surface area contributed by atoms with Gasteiger partial charge in [-0.3, -0.25) is 0 Å². The number of rotatable bonds is 2. The van der Waals surface area contributed by atoms with Gasteiger partial charge in [0.25, 0.3) is 0 Å². The summed E-state index contributed by atoms with van der Waals surface area (Å²) >= 11 is 0. The maximum absolute atomic E-state index is 9.44. The van der Waals surface area contributed by atoms with Crippen molar-refractivity contribution in [2.45, 2.75) is 19.8 Å². The monoisotopic (exact) mass is 236 g/mol. The minimum atomic E-state index is -0.231. The maximum atomic E-state index is 9.44. The Balaban J connectivity index is 2.49. The van der Waals surface area contributed by atoms with E-state index in [1.807, 2.05) is 38.1 Å². The first-order valence-electron chi connectivity index (χ1n) is 5.94. The number of hydrogen-bond acceptors (Lipinski definition) is 2. The summed E-state index contributed by atoms with van der Waals surface area (Å²) in [5, 5.41) is 9.44. The summed E-state index contributed by atoms with van der Waals surface area (Å²) in [6, 6.07) is 16.1. The van der Waals surface area contributed by atoms with Gasteiger partial charge in [-0.05, 0) is 42.7 Å². The molecule has 1 atom stereocenters. The second kappa shape index (κ2) is 4.93. The van der Waals surface area contributed by atoms with Crippen molar-refractivity contribution in [1.29, 1.82) is 5.26 Å². The number of benzene rings is 2. The average Bonchev–Trinajstić information content (AvgIpc) is 2.37. The Kier molecular flexibility index (Phi) is 3.34. The maximum Gasteiger partial charge on any atom is 0.0965 e. The highest BCUT2D eigenvalue weighted by molar-refractivity contribution is 5.47. The lowest BCUT2D eigenvalue weighted by Crippen LogP contribution is -2.01. The Morgan fingerprint density at radius 1 is 1.06 bits per heavy atom. The first-order valence-corrected chi connectivity index (χ1v) is 5.94. The minimum absolute atomic E-state index is 0.231. The molecule has 0 heterocycles. The fraction of sp³-hybridized carbons (Fsp3) is 0.188. The summed E-state index contributed by atoms with van der Waals surface area (Å²) in [4.78, 5) is 0. The topological polar surface area (TPSA) is 49.8 Å². The van der Waals surface area contributed by atoms with Gasteiger partial charge >= 0.3 is 0 Å². The summed E-state index contributed by atoms with van der Waals surface area (Å²) in [5.74, 6) is -0.231. The van der Waals surface area contributed by atoms with Gasteiger partial charge in [-0.2, -0.15) is 5.26 Å². The Morgan fingerprint density at radius 2 is 1.72 bits per heavy atom. The molecule has 0 radical (unpaired) electrons. The predicted molar refractivity (Wildman–Crippen MR) is 74.2 cm³/mol. The van der Waals surface area contributed by atoms with Crippen LogP contribution < -0.4 is 5.73 Å². The van der Waals surface area contributed by atoms with Crippen molar-refractivity contribution in [1.82, 2.24) is 0 Å². The Morgan fingerprint density at radius 3 is 2.33 bits per heavy atom. The number of hydrogen-bond donors (Lipinski definition) is 1. The third-order valence-electron chi connectivity index (χ3n) is 3.14. The molecule has 2 N–H and O–H groups in total. The summed E-state index contributed by atoms with van der Waals surface area (Å²) in [5.41, 5.74) is 10.8. The van der Waals surface area contributed by atoms with Crippen molar-refractivity contribution >= 4 is 5.69 Å². The van der Waals surface area contributed by atoms with Crippen LogP contribution in [0.15, 0.2) is 42.5 Å². The molecule has 0 amide bonds. The molecule has 0 aliphatic heterocycles. The average molecular weight is 236 g/mol. The number of nitriles is 1. The SMILES string of the molecule is Cc1ccc(C)c(C(C#N)c2ccc(N)cc2)c1. The molecule has 0 aliphatic rings. The van der Waals surface area contributed by atoms with Crippen LogP contribution in [0.4, 0.5) is 5.69 Å². The second-order valence-electron chi connectivity index (χ2n) is 4.59. The molecule has 0 aromatic heterocycles. The van der Waals surface area contributed by atoms with Crippen LogP contribution in [-0.4, -0.2) is 0 Å². The molecule has 2 nitrogen and oxygen atoms in total. The fourth-order valence-electron chi connectivity index (χ4n) is 2.08. The third-order valence-corrected chi connectivity index (χ3v) is 3.14. The fourth-order valence-corrected chi connectivity index (χ4v) is 2.08. The molecule has 0 spiro atoms. The van der Waals surface area contributed by atoms with Crippen molar-refractivity contribution in [2.75, 3.05) is 5.73 Å². The molecule has 90 valence electrons. The highest BCUT2D eigenvalue weighted by Crippen LogP contribution is 2.27. The molecule has 0 saturated heterocycles. The molecule has 2 aromatic carbocycles. The van der Waals surface area contributed by atoms with Gasteiger partial charge in [0.05, 0.1) is 12.0 Å². The molecule has 1 unspecified atom stereocenters. The van der Waals surface area contributed by atoms with Crippen LogP contribution in [0, 0.1) is 25.2 Å². The van der Waals surface area contributed by atoms with E-state index < -0.39 is 0 Å². The molecule has 2 rings (SSSR count). The van der Waals surface area contributed by atoms with E-state index in [-0.39, 0.29) is 5.92 Å². The number of nitrogens with zero attached hydrogens (tertiary/aromatic N) is 1. The second-order valence-corrected chi connectivity index (χ2v) is 4.59. The van der Waals surface area contributed by atoms with Gasteiger partial charge in [-0.25, -0.2) is 0 Å². The van der Waals surface area contributed by atoms with E-state index in [9.17, 15) is 5.26 Å². The first-order chi connectivity index (χ1) is 8.61. The lowest BCUT2D eigenvalue weighted by atomic mass is 9.88. The van der Waals surface area contributed by atoms with Crippen LogP contribution in [0.2, 0.25) is 0 Å². The lowest BCUT2D eigenvalue weighted by Gasteiger charge is -2.14. The van der Waals surface area contributed by atoms with Crippen molar-refractivity contribution < 1.29 is 0 Å². The van der Waals surface area contributed by atoms with Crippen LogP contribution in [-0.2, 0) is 0 Å². The van der Waals surface area contributed by atoms with Crippen molar-refractivity contribution in [3.8, 4) is 6.07 Å². The Bertz CT molecular complexity index is 591. The normalized spacial score (nSPS) is 11.8. The van der Waals surface area contributed by atoms with Crippen LogP contribution in [0.3, 0.4) is 0 Å². The van der Waals surface area contributed by atoms with Crippen LogP contribution in [0.5, 0.6) is 0 Å². The van der Waals surface area contributed by atoms with E-state index in [1.165, 1.54) is 5.56 Å². The van der Waals surface area contributed by atoms with E-state index in [0.717, 1.165) is 22.4 Å². The zero-order chi connectivity index (χ0) is 13.1. The Hall–Kier alpha value is -2.27. The van der Waals surface area contributed by atoms with E-state index in [1.54, 1.807) is 0 Å². The molecule has 18 heavy (non-hydrogen) atoms. The largest absolute Gasteiger partial charge is 0.399 e. The summed E-state index contributed by atoms with van der Waals surface area (Å²) in [6.07, 6.45) is 0. The van der Waals surface area contributed by atoms with Gasteiger partial charge in [-0.1, -0.05) is 35.9 Å². The van der Waals surface area contributed by atoms with E-state index >= 15 is 0 Å². The zero-order valence-corrected chi connectivity index (χ0v) is 10.6. The summed E-state index contributed by atoms with van der Waals surface area (Å²) in [6.45, 7) is 4.08. The van der Waals surface area contributed by atoms with Gasteiger partial charge in [0.2, 0.25) is 0 Å².